The van der Waals surface area contributed by atoms with Crippen molar-refractivity contribution in [3.8, 4) is 0 Å². The number of amides is 2. The molecule has 1 aliphatic carbocycles. The summed E-state index contributed by atoms with van der Waals surface area (Å²) in [6.07, 6.45) is 6.59. The molecule has 2 aromatic carbocycles. The van der Waals surface area contributed by atoms with Crippen molar-refractivity contribution in [1.82, 2.24) is 9.88 Å². The minimum atomic E-state index is -0.455. The normalized spacial score (nSPS) is 20.8. The molecule has 1 aliphatic heterocycles. The summed E-state index contributed by atoms with van der Waals surface area (Å²) in [7, 11) is 0. The fourth-order valence-electron chi connectivity index (χ4n) is 5.77. The van der Waals surface area contributed by atoms with Crippen molar-refractivity contribution in [1.29, 1.82) is 0 Å². The van der Waals surface area contributed by atoms with Crippen molar-refractivity contribution in [2.75, 3.05) is 5.32 Å². The number of anilines is 1. The standard InChI is InChI=1S/C26H29N3O2/c1-3-17(2)29-25(31)21-9-5-4-8-20(21)23(26(29)13-6-7-14-26)24(30)28-19-10-11-22-18(16-19)12-15-27-22/h4-5,8-12,15-17,23,27H,3,6-7,13-14H2,1-2H3,(H,28,30)/t17-,23-/m0/s1. The van der Waals surface area contributed by atoms with E-state index >= 15 is 0 Å². The summed E-state index contributed by atoms with van der Waals surface area (Å²) in [5.41, 5.74) is 2.91. The van der Waals surface area contributed by atoms with Crippen LogP contribution in [0.3, 0.4) is 0 Å². The quantitative estimate of drug-likeness (QED) is 0.594. The van der Waals surface area contributed by atoms with E-state index in [1.54, 1.807) is 0 Å². The monoisotopic (exact) mass is 415 g/mol. The molecule has 2 heterocycles. The van der Waals surface area contributed by atoms with Gasteiger partial charge < -0.3 is 15.2 Å². The van der Waals surface area contributed by atoms with Gasteiger partial charge in [-0.1, -0.05) is 38.0 Å². The van der Waals surface area contributed by atoms with E-state index < -0.39 is 5.54 Å². The molecular formula is C26H29N3O2. The van der Waals surface area contributed by atoms with Crippen LogP contribution >= 0.6 is 0 Å². The SMILES string of the molecule is CC[C@H](C)N1C(=O)c2ccccc2[C@@H](C(=O)Nc2ccc3[nH]ccc3c2)C12CCCC2. The summed E-state index contributed by atoms with van der Waals surface area (Å²) < 4.78 is 0. The Balaban J connectivity index is 1.60. The molecule has 1 saturated carbocycles. The highest BCUT2D eigenvalue weighted by molar-refractivity contribution is 6.05. The number of nitrogens with one attached hydrogen (secondary N) is 2. The predicted octanol–water partition coefficient (Wildman–Crippen LogP) is 5.46. The van der Waals surface area contributed by atoms with Gasteiger partial charge in [0.25, 0.3) is 5.91 Å². The van der Waals surface area contributed by atoms with E-state index in [9.17, 15) is 9.59 Å². The summed E-state index contributed by atoms with van der Waals surface area (Å²) in [5.74, 6) is -0.325. The van der Waals surface area contributed by atoms with Crippen LogP contribution < -0.4 is 5.32 Å². The average Bonchev–Trinajstić information content (AvgIpc) is 3.43. The largest absolute Gasteiger partial charge is 0.361 e. The van der Waals surface area contributed by atoms with E-state index in [0.717, 1.165) is 54.3 Å². The highest BCUT2D eigenvalue weighted by Gasteiger charge is 2.56. The zero-order chi connectivity index (χ0) is 21.6. The first-order valence-electron chi connectivity index (χ1n) is 11.4. The molecule has 2 amide bonds. The van der Waals surface area contributed by atoms with Gasteiger partial charge in [-0.2, -0.15) is 0 Å². The van der Waals surface area contributed by atoms with E-state index in [0.29, 0.717) is 5.56 Å². The van der Waals surface area contributed by atoms with E-state index in [2.05, 4.69) is 29.0 Å². The second-order valence-electron chi connectivity index (χ2n) is 9.03. The molecule has 160 valence electrons. The van der Waals surface area contributed by atoms with Gasteiger partial charge in [-0.05, 0) is 62.1 Å². The van der Waals surface area contributed by atoms with E-state index in [1.807, 2.05) is 54.7 Å². The fourth-order valence-corrected chi connectivity index (χ4v) is 5.77. The van der Waals surface area contributed by atoms with Crippen molar-refractivity contribution in [2.24, 2.45) is 0 Å². The van der Waals surface area contributed by atoms with Crippen LogP contribution in [0.25, 0.3) is 10.9 Å². The van der Waals surface area contributed by atoms with Gasteiger partial charge in [-0.25, -0.2) is 0 Å². The number of aromatic amines is 1. The molecule has 2 N–H and O–H groups in total. The molecule has 5 rings (SSSR count). The number of aromatic nitrogens is 1. The predicted molar refractivity (Wildman–Crippen MR) is 123 cm³/mol. The maximum Gasteiger partial charge on any atom is 0.254 e. The van der Waals surface area contributed by atoms with Gasteiger partial charge in [-0.15, -0.1) is 0 Å². The van der Waals surface area contributed by atoms with Crippen LogP contribution in [0.4, 0.5) is 5.69 Å². The van der Waals surface area contributed by atoms with E-state index in [4.69, 9.17) is 0 Å². The fraction of sp³-hybridized carbons (Fsp3) is 0.385. The Labute approximate surface area is 182 Å². The molecular weight excluding hydrogens is 386 g/mol. The number of carbonyl (C=O) groups is 2. The van der Waals surface area contributed by atoms with Gasteiger partial charge >= 0.3 is 0 Å². The maximum atomic E-state index is 13.9. The lowest BCUT2D eigenvalue weighted by molar-refractivity contribution is -0.121. The summed E-state index contributed by atoms with van der Waals surface area (Å²) >= 11 is 0. The number of benzene rings is 2. The van der Waals surface area contributed by atoms with Crippen molar-refractivity contribution >= 4 is 28.4 Å². The molecule has 2 atom stereocenters. The van der Waals surface area contributed by atoms with Crippen molar-refractivity contribution in [3.63, 3.8) is 0 Å². The third kappa shape index (κ3) is 3.06. The highest BCUT2D eigenvalue weighted by Crippen LogP contribution is 2.51. The topological polar surface area (TPSA) is 65.2 Å². The van der Waals surface area contributed by atoms with Crippen LogP contribution in [-0.4, -0.2) is 33.3 Å². The Kier molecular flexibility index (Phi) is 4.84. The Morgan fingerprint density at radius 1 is 1.19 bits per heavy atom. The second kappa shape index (κ2) is 7.56. The molecule has 1 aromatic heterocycles. The van der Waals surface area contributed by atoms with Crippen LogP contribution in [0.1, 0.15) is 67.8 Å². The molecule has 2 aliphatic rings. The van der Waals surface area contributed by atoms with Gasteiger partial charge in [0.2, 0.25) is 5.91 Å². The first kappa shape index (κ1) is 19.9. The van der Waals surface area contributed by atoms with Gasteiger partial charge in [0, 0.05) is 34.4 Å². The number of carbonyl (C=O) groups excluding carboxylic acids is 2. The smallest absolute Gasteiger partial charge is 0.254 e. The summed E-state index contributed by atoms with van der Waals surface area (Å²) in [5, 5.41) is 4.25. The van der Waals surface area contributed by atoms with Gasteiger partial charge in [-0.3, -0.25) is 9.59 Å². The maximum absolute atomic E-state index is 13.9. The average molecular weight is 416 g/mol. The molecule has 0 bridgehead atoms. The lowest BCUT2D eigenvalue weighted by atomic mass is 9.70. The van der Waals surface area contributed by atoms with E-state index in [1.165, 1.54) is 0 Å². The van der Waals surface area contributed by atoms with Crippen molar-refractivity contribution in [2.45, 2.75) is 63.5 Å². The summed E-state index contributed by atoms with van der Waals surface area (Å²) in [6.45, 7) is 4.23. The van der Waals surface area contributed by atoms with Crippen LogP contribution in [0.5, 0.6) is 0 Å². The lowest BCUT2D eigenvalue weighted by Gasteiger charge is -2.52. The van der Waals surface area contributed by atoms with Gasteiger partial charge in [0.05, 0.1) is 11.5 Å². The van der Waals surface area contributed by atoms with Crippen LogP contribution in [0.2, 0.25) is 0 Å². The van der Waals surface area contributed by atoms with Gasteiger partial charge in [0.1, 0.15) is 0 Å². The van der Waals surface area contributed by atoms with Crippen LogP contribution in [0, 0.1) is 0 Å². The zero-order valence-electron chi connectivity index (χ0n) is 18.2. The molecule has 5 heteroatoms. The third-order valence-corrected chi connectivity index (χ3v) is 7.32. The first-order chi connectivity index (χ1) is 15.0. The van der Waals surface area contributed by atoms with Crippen molar-refractivity contribution in [3.05, 3.63) is 65.9 Å². The van der Waals surface area contributed by atoms with E-state index in [-0.39, 0.29) is 23.8 Å². The summed E-state index contributed by atoms with van der Waals surface area (Å²) in [6, 6.07) is 15.7. The third-order valence-electron chi connectivity index (χ3n) is 7.32. The number of rotatable bonds is 4. The molecule has 0 radical (unpaired) electrons. The first-order valence-corrected chi connectivity index (χ1v) is 11.4. The lowest BCUT2D eigenvalue weighted by Crippen LogP contribution is -2.62. The molecule has 0 unspecified atom stereocenters. The summed E-state index contributed by atoms with van der Waals surface area (Å²) in [4.78, 5) is 32.7. The van der Waals surface area contributed by atoms with Crippen LogP contribution in [0.15, 0.2) is 54.7 Å². The minimum absolute atomic E-state index is 0.0231. The molecule has 5 nitrogen and oxygen atoms in total. The van der Waals surface area contributed by atoms with Crippen molar-refractivity contribution < 1.29 is 9.59 Å². The number of fused-ring (bicyclic) bond motifs is 2. The van der Waals surface area contributed by atoms with Crippen LogP contribution in [-0.2, 0) is 4.79 Å². The Morgan fingerprint density at radius 2 is 1.97 bits per heavy atom. The molecule has 3 aromatic rings. The molecule has 1 fully saturated rings. The Hall–Kier alpha value is -3.08. The second-order valence-corrected chi connectivity index (χ2v) is 9.03. The number of H-pyrrole nitrogens is 1. The van der Waals surface area contributed by atoms with Gasteiger partial charge in [0.15, 0.2) is 0 Å². The minimum Gasteiger partial charge on any atom is -0.361 e. The Morgan fingerprint density at radius 3 is 2.74 bits per heavy atom. The Bertz CT molecular complexity index is 1140. The highest BCUT2D eigenvalue weighted by atomic mass is 16.2. The zero-order valence-corrected chi connectivity index (χ0v) is 18.2. The molecule has 1 spiro atoms. The number of hydrogen-bond donors (Lipinski definition) is 2. The number of nitrogens with zero attached hydrogens (tertiary/aromatic N) is 1. The number of hydrogen-bond acceptors (Lipinski definition) is 2. The molecule has 0 saturated heterocycles. The molecule has 31 heavy (non-hydrogen) atoms.